The number of rotatable bonds is 39. The summed E-state index contributed by atoms with van der Waals surface area (Å²) in [6.45, 7) is 6.45. The topological polar surface area (TPSA) is 78.9 Å². The molecule has 1 atom stereocenters. The van der Waals surface area contributed by atoms with Crippen LogP contribution in [-0.2, 0) is 28.6 Å². The molecule has 0 amide bonds. The zero-order valence-electron chi connectivity index (χ0n) is 34.3. The molecule has 0 heterocycles. The van der Waals surface area contributed by atoms with Gasteiger partial charge in [-0.25, -0.2) is 0 Å². The second-order valence-corrected chi connectivity index (χ2v) is 14.6. The van der Waals surface area contributed by atoms with E-state index in [-0.39, 0.29) is 37.5 Å². The summed E-state index contributed by atoms with van der Waals surface area (Å²) in [7, 11) is 0. The van der Waals surface area contributed by atoms with Crippen LogP contribution in [0, 0.1) is 0 Å². The van der Waals surface area contributed by atoms with E-state index in [1.807, 2.05) is 0 Å². The molecule has 1 unspecified atom stereocenters. The first kappa shape index (κ1) is 49.6. The molecule has 302 valence electrons. The summed E-state index contributed by atoms with van der Waals surface area (Å²) in [5.74, 6) is -0.945. The Morgan fingerprint density at radius 2 is 0.750 bits per heavy atom. The fourth-order valence-electron chi connectivity index (χ4n) is 6.11. The standard InChI is InChI=1S/C46H82O6/c1-4-7-10-13-16-19-21-22-23-25-27-30-33-36-39-45(48)51-42-43(41-50-44(47)38-35-32-29-26-18-15-12-9-6-3)52-46(49)40-37-34-31-28-24-20-17-14-11-8-5-2/h8,11,17,20,28,31,43H,4-7,9-10,12-16,18-19,21-27,29-30,32-42H2,1-3H3/b11-8-,20-17-,31-28-. The third-order valence-electron chi connectivity index (χ3n) is 9.41. The number of esters is 3. The Labute approximate surface area is 321 Å². The highest BCUT2D eigenvalue weighted by Gasteiger charge is 2.19. The van der Waals surface area contributed by atoms with E-state index in [1.165, 1.54) is 109 Å². The van der Waals surface area contributed by atoms with Gasteiger partial charge in [0.1, 0.15) is 13.2 Å². The van der Waals surface area contributed by atoms with E-state index >= 15 is 0 Å². The van der Waals surface area contributed by atoms with Crippen molar-refractivity contribution in [3.63, 3.8) is 0 Å². The molecular formula is C46H82O6. The van der Waals surface area contributed by atoms with Gasteiger partial charge in [-0.2, -0.15) is 0 Å². The highest BCUT2D eigenvalue weighted by Crippen LogP contribution is 2.15. The number of hydrogen-bond donors (Lipinski definition) is 0. The lowest BCUT2D eigenvalue weighted by Crippen LogP contribution is -2.30. The molecule has 0 saturated carbocycles. The molecule has 0 spiro atoms. The Kier molecular flexibility index (Phi) is 39.5. The van der Waals surface area contributed by atoms with Gasteiger partial charge in [-0.1, -0.05) is 192 Å². The van der Waals surface area contributed by atoms with E-state index in [4.69, 9.17) is 14.2 Å². The summed E-state index contributed by atoms with van der Waals surface area (Å²) in [5, 5.41) is 0. The van der Waals surface area contributed by atoms with Crippen LogP contribution in [0.1, 0.15) is 220 Å². The number of allylic oxidation sites excluding steroid dienone is 6. The lowest BCUT2D eigenvalue weighted by atomic mass is 10.0. The van der Waals surface area contributed by atoms with Gasteiger partial charge in [0.25, 0.3) is 0 Å². The lowest BCUT2D eigenvalue weighted by molar-refractivity contribution is -0.167. The maximum atomic E-state index is 12.6. The SMILES string of the molecule is CC/C=C\C/C=C\C/C=C\CCCC(=O)OC(COC(=O)CCCCCCCCCCC)COC(=O)CCCCCCCCCCCCCCCC. The Morgan fingerprint density at radius 3 is 1.15 bits per heavy atom. The molecule has 6 nitrogen and oxygen atoms in total. The van der Waals surface area contributed by atoms with Gasteiger partial charge in [-0.15, -0.1) is 0 Å². The molecule has 0 N–H and O–H groups in total. The van der Waals surface area contributed by atoms with Crippen molar-refractivity contribution in [2.75, 3.05) is 13.2 Å². The third kappa shape index (κ3) is 38.9. The minimum atomic E-state index is -0.790. The van der Waals surface area contributed by atoms with E-state index in [9.17, 15) is 14.4 Å². The van der Waals surface area contributed by atoms with Crippen molar-refractivity contribution in [1.29, 1.82) is 0 Å². The Hall–Kier alpha value is -2.37. The van der Waals surface area contributed by atoms with Gasteiger partial charge in [0, 0.05) is 19.3 Å². The van der Waals surface area contributed by atoms with Gasteiger partial charge in [0.05, 0.1) is 0 Å². The normalized spacial score (nSPS) is 12.3. The molecular weight excluding hydrogens is 648 g/mol. The van der Waals surface area contributed by atoms with Crippen LogP contribution in [0.2, 0.25) is 0 Å². The molecule has 0 aliphatic heterocycles. The van der Waals surface area contributed by atoms with Gasteiger partial charge in [0.15, 0.2) is 6.10 Å². The van der Waals surface area contributed by atoms with Crippen LogP contribution in [0.25, 0.3) is 0 Å². The minimum absolute atomic E-state index is 0.0891. The predicted molar refractivity (Wildman–Crippen MR) is 219 cm³/mol. The lowest BCUT2D eigenvalue weighted by Gasteiger charge is -2.18. The molecule has 0 fully saturated rings. The van der Waals surface area contributed by atoms with Crippen molar-refractivity contribution in [1.82, 2.24) is 0 Å². The Bertz CT molecular complexity index is 891. The molecule has 0 aliphatic rings. The fraction of sp³-hybridized carbons (Fsp3) is 0.804. The molecule has 0 rings (SSSR count). The second kappa shape index (κ2) is 41.4. The quantitative estimate of drug-likeness (QED) is 0.0271. The number of hydrogen-bond acceptors (Lipinski definition) is 6. The van der Waals surface area contributed by atoms with Crippen LogP contribution in [0.3, 0.4) is 0 Å². The van der Waals surface area contributed by atoms with Crippen LogP contribution >= 0.6 is 0 Å². The van der Waals surface area contributed by atoms with E-state index in [2.05, 4.69) is 57.2 Å². The largest absolute Gasteiger partial charge is 0.462 e. The predicted octanol–water partition coefficient (Wildman–Crippen LogP) is 13.8. The molecule has 0 aromatic carbocycles. The maximum absolute atomic E-state index is 12.6. The minimum Gasteiger partial charge on any atom is -0.462 e. The van der Waals surface area contributed by atoms with Crippen LogP contribution in [-0.4, -0.2) is 37.2 Å². The second-order valence-electron chi connectivity index (χ2n) is 14.6. The molecule has 0 aromatic rings. The van der Waals surface area contributed by atoms with Crippen molar-refractivity contribution in [2.24, 2.45) is 0 Å². The Balaban J connectivity index is 4.38. The van der Waals surface area contributed by atoms with E-state index < -0.39 is 6.10 Å². The third-order valence-corrected chi connectivity index (χ3v) is 9.41. The average Bonchev–Trinajstić information content (AvgIpc) is 3.14. The summed E-state index contributed by atoms with van der Waals surface area (Å²) in [6.07, 6.45) is 45.7. The highest BCUT2D eigenvalue weighted by atomic mass is 16.6. The summed E-state index contributed by atoms with van der Waals surface area (Å²) >= 11 is 0. The van der Waals surface area contributed by atoms with Crippen molar-refractivity contribution >= 4 is 17.9 Å². The maximum Gasteiger partial charge on any atom is 0.306 e. The molecule has 0 aromatic heterocycles. The number of carbonyl (C=O) groups excluding carboxylic acids is 3. The van der Waals surface area contributed by atoms with E-state index in [1.54, 1.807) is 0 Å². The number of unbranched alkanes of at least 4 members (excludes halogenated alkanes) is 22. The first-order chi connectivity index (χ1) is 25.5. The molecule has 52 heavy (non-hydrogen) atoms. The molecule has 0 radical (unpaired) electrons. The fourth-order valence-corrected chi connectivity index (χ4v) is 6.11. The molecule has 0 saturated heterocycles. The van der Waals surface area contributed by atoms with Gasteiger partial charge in [-0.05, 0) is 44.9 Å². The van der Waals surface area contributed by atoms with E-state index in [0.29, 0.717) is 19.3 Å². The number of carbonyl (C=O) groups is 3. The summed E-state index contributed by atoms with van der Waals surface area (Å²) in [5.41, 5.74) is 0. The first-order valence-electron chi connectivity index (χ1n) is 22.0. The van der Waals surface area contributed by atoms with Crippen LogP contribution in [0.5, 0.6) is 0 Å². The van der Waals surface area contributed by atoms with Gasteiger partial charge < -0.3 is 14.2 Å². The number of ether oxygens (including phenoxy) is 3. The molecule has 0 bridgehead atoms. The van der Waals surface area contributed by atoms with Crippen molar-refractivity contribution in [2.45, 2.75) is 226 Å². The Morgan fingerprint density at radius 1 is 0.404 bits per heavy atom. The van der Waals surface area contributed by atoms with Crippen molar-refractivity contribution in [3.05, 3.63) is 36.5 Å². The monoisotopic (exact) mass is 731 g/mol. The molecule has 6 heteroatoms. The zero-order valence-corrected chi connectivity index (χ0v) is 34.3. The van der Waals surface area contributed by atoms with Gasteiger partial charge >= 0.3 is 17.9 Å². The van der Waals surface area contributed by atoms with Crippen molar-refractivity contribution in [3.8, 4) is 0 Å². The summed E-state index contributed by atoms with van der Waals surface area (Å²) in [4.78, 5) is 37.6. The summed E-state index contributed by atoms with van der Waals surface area (Å²) in [6, 6.07) is 0. The van der Waals surface area contributed by atoms with Crippen LogP contribution < -0.4 is 0 Å². The molecule has 0 aliphatic carbocycles. The van der Waals surface area contributed by atoms with Crippen LogP contribution in [0.15, 0.2) is 36.5 Å². The van der Waals surface area contributed by atoms with Crippen LogP contribution in [0.4, 0.5) is 0 Å². The van der Waals surface area contributed by atoms with Crippen molar-refractivity contribution < 1.29 is 28.6 Å². The first-order valence-corrected chi connectivity index (χ1v) is 22.0. The van der Waals surface area contributed by atoms with Gasteiger partial charge in [-0.3, -0.25) is 14.4 Å². The zero-order chi connectivity index (χ0) is 38.0. The smallest absolute Gasteiger partial charge is 0.306 e. The average molecular weight is 731 g/mol. The highest BCUT2D eigenvalue weighted by molar-refractivity contribution is 5.71. The van der Waals surface area contributed by atoms with Gasteiger partial charge in [0.2, 0.25) is 0 Å². The summed E-state index contributed by atoms with van der Waals surface area (Å²) < 4.78 is 16.6. The van der Waals surface area contributed by atoms with E-state index in [0.717, 1.165) is 64.2 Å².